The van der Waals surface area contributed by atoms with Crippen LogP contribution in [0.5, 0.6) is 0 Å². The highest BCUT2D eigenvalue weighted by molar-refractivity contribution is 7.13. The lowest BCUT2D eigenvalue weighted by atomic mass is 10.4. The topological polar surface area (TPSA) is 40.5 Å². The summed E-state index contributed by atoms with van der Waals surface area (Å²) in [5.74, 6) is -0.803. The largest absolute Gasteiger partial charge is 0.480 e. The first-order valence-corrected chi connectivity index (χ1v) is 2.77. The molecule has 0 rings (SSSR count). The minimum absolute atomic E-state index is 0.417. The van der Waals surface area contributed by atoms with Crippen molar-refractivity contribution < 1.29 is 9.90 Å². The molecular weight excluding hydrogens is 125 g/mol. The van der Waals surface area contributed by atoms with E-state index in [2.05, 4.69) is 9.39 Å². The average molecular weight is 135 g/mol. The number of carboxylic acids is 1. The summed E-state index contributed by atoms with van der Waals surface area (Å²) >= 11 is 0. The Morgan fingerprint density at radius 1 is 1.88 bits per heavy atom. The Labute approximate surface area is 50.9 Å². The minimum atomic E-state index is -0.803. The van der Waals surface area contributed by atoms with Gasteiger partial charge in [0.15, 0.2) is 0 Å². The fourth-order valence-corrected chi connectivity index (χ4v) is 0.302. The van der Waals surface area contributed by atoms with E-state index in [9.17, 15) is 4.79 Å². The minimum Gasteiger partial charge on any atom is -0.480 e. The van der Waals surface area contributed by atoms with Crippen LogP contribution in [0.2, 0.25) is 0 Å². The van der Waals surface area contributed by atoms with Crippen molar-refractivity contribution in [3.63, 3.8) is 0 Å². The molecule has 0 heterocycles. The molecule has 0 spiro atoms. The molecule has 2 atom stereocenters. The van der Waals surface area contributed by atoms with Crippen LogP contribution in [0.3, 0.4) is 0 Å². The van der Waals surface area contributed by atoms with E-state index < -0.39 is 12.0 Å². The van der Waals surface area contributed by atoms with Crippen molar-refractivity contribution >= 4 is 15.4 Å². The molecule has 8 heavy (non-hydrogen) atoms. The summed E-state index contributed by atoms with van der Waals surface area (Å²) in [5, 5.41) is 8.30. The van der Waals surface area contributed by atoms with Crippen LogP contribution in [-0.2, 0) is 4.79 Å². The van der Waals surface area contributed by atoms with E-state index in [-0.39, 0.29) is 0 Å². The third-order valence-electron chi connectivity index (χ3n) is 0.968. The first kappa shape index (κ1) is 7.86. The lowest BCUT2D eigenvalue weighted by Gasteiger charge is -2.13. The zero-order chi connectivity index (χ0) is 6.73. The van der Waals surface area contributed by atoms with Crippen molar-refractivity contribution in [2.75, 3.05) is 7.05 Å². The first-order valence-electron chi connectivity index (χ1n) is 2.26. The molecule has 0 aromatic rings. The van der Waals surface area contributed by atoms with Crippen LogP contribution < -0.4 is 0 Å². The van der Waals surface area contributed by atoms with Gasteiger partial charge in [-0.1, -0.05) is 9.39 Å². The zero-order valence-corrected chi connectivity index (χ0v) is 6.11. The molecule has 0 aliphatic heterocycles. The van der Waals surface area contributed by atoms with Gasteiger partial charge in [-0.2, -0.15) is 0 Å². The molecule has 3 nitrogen and oxygen atoms in total. The maximum Gasteiger partial charge on any atom is 0.320 e. The number of hydrogen-bond donors (Lipinski definition) is 1. The average Bonchev–Trinajstić information content (AvgIpc) is 1.64. The van der Waals surface area contributed by atoms with Gasteiger partial charge in [-0.15, -0.1) is 0 Å². The van der Waals surface area contributed by atoms with E-state index >= 15 is 0 Å². The van der Waals surface area contributed by atoms with Gasteiger partial charge in [-0.3, -0.25) is 9.46 Å². The lowest BCUT2D eigenvalue weighted by Crippen LogP contribution is -2.28. The molecule has 0 aromatic carbocycles. The normalized spacial score (nSPS) is 14.0. The van der Waals surface area contributed by atoms with Crippen molar-refractivity contribution in [3.05, 3.63) is 0 Å². The first-order chi connectivity index (χ1) is 3.55. The molecule has 48 valence electrons. The van der Waals surface area contributed by atoms with E-state index in [0.717, 1.165) is 0 Å². The monoisotopic (exact) mass is 135 g/mol. The maximum absolute atomic E-state index is 10.1. The van der Waals surface area contributed by atoms with Gasteiger partial charge in [0.25, 0.3) is 0 Å². The van der Waals surface area contributed by atoms with Crippen LogP contribution in [0.4, 0.5) is 0 Å². The number of carbonyl (C=O) groups is 1. The summed E-state index contributed by atoms with van der Waals surface area (Å²) in [4.78, 5) is 10.1. The van der Waals surface area contributed by atoms with Crippen LogP contribution in [-0.4, -0.2) is 28.8 Å². The number of rotatable bonds is 2. The Morgan fingerprint density at radius 3 is 2.25 bits per heavy atom. The molecule has 1 unspecified atom stereocenters. The van der Waals surface area contributed by atoms with Gasteiger partial charge < -0.3 is 5.11 Å². The number of hydrogen-bond acceptors (Lipinski definition) is 2. The zero-order valence-electron chi connectivity index (χ0n) is 4.96. The maximum atomic E-state index is 10.1. The van der Waals surface area contributed by atoms with Gasteiger partial charge in [0.1, 0.15) is 6.04 Å². The second kappa shape index (κ2) is 3.00. The Bertz CT molecular complexity index is 94.0. The van der Waals surface area contributed by atoms with Gasteiger partial charge in [-0.25, -0.2) is 0 Å². The van der Waals surface area contributed by atoms with E-state index in [4.69, 9.17) is 5.11 Å². The molecule has 0 bridgehead atoms. The highest BCUT2D eigenvalue weighted by Gasteiger charge is 2.11. The second-order valence-electron chi connectivity index (χ2n) is 1.68. The second-order valence-corrected chi connectivity index (χ2v) is 2.49. The Hall–Kier alpha value is -0.140. The van der Waals surface area contributed by atoms with Crippen LogP contribution in [0.15, 0.2) is 0 Å². The van der Waals surface area contributed by atoms with Gasteiger partial charge in [0.2, 0.25) is 0 Å². The lowest BCUT2D eigenvalue weighted by molar-refractivity contribution is -0.140. The highest BCUT2D eigenvalue weighted by Crippen LogP contribution is 2.00. The van der Waals surface area contributed by atoms with Gasteiger partial charge >= 0.3 is 5.97 Å². The summed E-state index contributed by atoms with van der Waals surface area (Å²) in [5.41, 5.74) is 0. The third-order valence-corrected chi connectivity index (χ3v) is 1.42. The quantitative estimate of drug-likeness (QED) is 0.549. The number of nitrogens with zero attached hydrogens (tertiary/aromatic N) is 1. The summed E-state index contributed by atoms with van der Waals surface area (Å²) in [6.45, 7) is 1.62. The molecule has 4 heteroatoms. The van der Waals surface area contributed by atoms with Gasteiger partial charge in [0.05, 0.1) is 0 Å². The molecule has 0 fully saturated rings. The van der Waals surface area contributed by atoms with Crippen molar-refractivity contribution in [2.45, 2.75) is 13.0 Å². The van der Waals surface area contributed by atoms with Crippen molar-refractivity contribution in [1.82, 2.24) is 4.67 Å². The molecule has 0 radical (unpaired) electrons. The highest BCUT2D eigenvalue weighted by atomic mass is 31.0. The summed E-state index contributed by atoms with van der Waals surface area (Å²) in [7, 11) is 3.99. The van der Waals surface area contributed by atoms with Crippen LogP contribution in [0.25, 0.3) is 0 Å². The summed E-state index contributed by atoms with van der Waals surface area (Å²) in [6, 6.07) is -0.417. The molecule has 0 saturated heterocycles. The molecule has 0 aliphatic rings. The van der Waals surface area contributed by atoms with Crippen LogP contribution in [0.1, 0.15) is 6.92 Å². The van der Waals surface area contributed by atoms with E-state index in [1.54, 1.807) is 18.6 Å². The molecule has 0 aliphatic carbocycles. The fourth-order valence-electron chi connectivity index (χ4n) is 0.174. The molecule has 1 N–H and O–H groups in total. The molecule has 0 amide bonds. The van der Waals surface area contributed by atoms with E-state index in [1.807, 2.05) is 0 Å². The van der Waals surface area contributed by atoms with Crippen molar-refractivity contribution in [3.8, 4) is 0 Å². The number of carboxylic acid groups (broad SMARTS) is 1. The van der Waals surface area contributed by atoms with Gasteiger partial charge in [0, 0.05) is 0 Å². The fraction of sp³-hybridized carbons (Fsp3) is 0.750. The Balaban J connectivity index is 3.64. The standard InChI is InChI=1S/C4H10NO2P/c1-3(4(6)7)5(2)8/h3H,8H2,1-2H3,(H,6,7)/t3-/m0/s1. The SMILES string of the molecule is C[C@@H](C(=O)O)N(C)P. The van der Waals surface area contributed by atoms with Crippen molar-refractivity contribution in [2.24, 2.45) is 0 Å². The predicted octanol–water partition coefficient (Wildman–Crippen LogP) is 0.181. The smallest absolute Gasteiger partial charge is 0.320 e. The van der Waals surface area contributed by atoms with Gasteiger partial charge in [-0.05, 0) is 14.0 Å². The number of likely N-dealkylation sites (N-methyl/N-ethyl adjacent to an activating group) is 1. The predicted molar refractivity (Wildman–Crippen MR) is 34.6 cm³/mol. The summed E-state index contributed by atoms with van der Waals surface area (Å²) in [6.07, 6.45) is 0. The summed E-state index contributed by atoms with van der Waals surface area (Å²) < 4.78 is 1.56. The Morgan fingerprint density at radius 2 is 2.25 bits per heavy atom. The third kappa shape index (κ3) is 2.24. The van der Waals surface area contributed by atoms with Crippen molar-refractivity contribution in [1.29, 1.82) is 0 Å². The number of aliphatic carboxylic acids is 1. The molecular formula is C4H10NO2P. The molecule has 0 aromatic heterocycles. The van der Waals surface area contributed by atoms with Crippen LogP contribution in [0, 0.1) is 0 Å². The van der Waals surface area contributed by atoms with E-state index in [1.165, 1.54) is 0 Å². The molecule has 0 saturated carbocycles. The van der Waals surface area contributed by atoms with Crippen LogP contribution >= 0.6 is 9.39 Å². The van der Waals surface area contributed by atoms with E-state index in [0.29, 0.717) is 0 Å². The Kier molecular flexibility index (Phi) is 2.95.